The predicted octanol–water partition coefficient (Wildman–Crippen LogP) is 0.429. The first-order valence-electron chi connectivity index (χ1n) is 5.33. The summed E-state index contributed by atoms with van der Waals surface area (Å²) in [5.74, 6) is -0.259. The van der Waals surface area contributed by atoms with Gasteiger partial charge in [0.15, 0.2) is 0 Å². The Morgan fingerprint density at radius 2 is 2.06 bits per heavy atom. The molecule has 0 spiro atoms. The fourth-order valence-electron chi connectivity index (χ4n) is 1.25. The Kier molecular flexibility index (Phi) is 4.71. The molecule has 0 radical (unpaired) electrons. The minimum Gasteiger partial charge on any atom is -0.398 e. The highest BCUT2D eigenvalue weighted by Crippen LogP contribution is 2.24. The van der Waals surface area contributed by atoms with E-state index >= 15 is 0 Å². The van der Waals surface area contributed by atoms with Crippen LogP contribution in [0.3, 0.4) is 0 Å². The van der Waals surface area contributed by atoms with Crippen LogP contribution in [0.15, 0.2) is 15.7 Å². The van der Waals surface area contributed by atoms with Crippen LogP contribution in [-0.4, -0.2) is 50.7 Å². The molecule has 1 amide bonds. The maximum atomic E-state index is 12.2. The molecule has 0 aliphatic heterocycles. The summed E-state index contributed by atoms with van der Waals surface area (Å²) in [6.45, 7) is 1.76. The number of nitrogen functional groups attached to an aromatic ring is 1. The van der Waals surface area contributed by atoms with Crippen molar-refractivity contribution in [3.63, 3.8) is 0 Å². The highest BCUT2D eigenvalue weighted by molar-refractivity contribution is 7.91. The summed E-state index contributed by atoms with van der Waals surface area (Å²) in [6, 6.07) is 1.41. The number of carbonyl (C=O) groups is 1. The summed E-state index contributed by atoms with van der Waals surface area (Å²) < 4.78 is 25.8. The lowest BCUT2D eigenvalue weighted by Crippen LogP contribution is -2.39. The van der Waals surface area contributed by atoms with E-state index in [1.165, 1.54) is 11.0 Å². The van der Waals surface area contributed by atoms with E-state index in [1.807, 2.05) is 0 Å². The second kappa shape index (κ2) is 5.68. The number of sulfonamides is 1. The Bertz CT molecular complexity index is 522. The molecule has 0 aromatic carbocycles. The van der Waals surface area contributed by atoms with Gasteiger partial charge in [0.05, 0.1) is 6.54 Å². The number of hydrogen-bond donors (Lipinski definition) is 1. The summed E-state index contributed by atoms with van der Waals surface area (Å²) in [7, 11) is -0.456. The maximum absolute atomic E-state index is 12.2. The third-order valence-electron chi connectivity index (χ3n) is 2.35. The van der Waals surface area contributed by atoms with Crippen LogP contribution in [0, 0.1) is 0 Å². The van der Waals surface area contributed by atoms with E-state index in [-0.39, 0.29) is 23.2 Å². The second-order valence-electron chi connectivity index (χ2n) is 3.92. The van der Waals surface area contributed by atoms with Crippen molar-refractivity contribution in [1.29, 1.82) is 0 Å². The first kappa shape index (κ1) is 14.9. The van der Waals surface area contributed by atoms with Gasteiger partial charge >= 0.3 is 0 Å². The fraction of sp³-hybridized carbons (Fsp3) is 0.500. The van der Waals surface area contributed by atoms with Gasteiger partial charge in [0.2, 0.25) is 5.91 Å². The predicted molar refractivity (Wildman–Crippen MR) is 71.9 cm³/mol. The molecule has 2 N–H and O–H groups in total. The van der Waals surface area contributed by atoms with E-state index in [2.05, 4.69) is 0 Å². The minimum atomic E-state index is -3.63. The van der Waals surface area contributed by atoms with Gasteiger partial charge in [-0.2, -0.15) is 4.31 Å². The van der Waals surface area contributed by atoms with Crippen molar-refractivity contribution < 1.29 is 13.2 Å². The van der Waals surface area contributed by atoms with Gasteiger partial charge in [0.25, 0.3) is 10.0 Å². The van der Waals surface area contributed by atoms with E-state index < -0.39 is 10.0 Å². The van der Waals surface area contributed by atoms with Crippen molar-refractivity contribution in [3.8, 4) is 0 Å². The van der Waals surface area contributed by atoms with Gasteiger partial charge in [-0.1, -0.05) is 6.92 Å². The lowest BCUT2D eigenvalue weighted by Gasteiger charge is -2.20. The van der Waals surface area contributed by atoms with E-state index in [9.17, 15) is 13.2 Å². The smallest absolute Gasteiger partial charge is 0.253 e. The van der Waals surface area contributed by atoms with Crippen molar-refractivity contribution in [2.45, 2.75) is 11.1 Å². The molecule has 0 atom stereocenters. The zero-order chi connectivity index (χ0) is 13.9. The number of amides is 1. The summed E-state index contributed by atoms with van der Waals surface area (Å²) >= 11 is 1.06. The highest BCUT2D eigenvalue weighted by atomic mass is 32.2. The summed E-state index contributed by atoms with van der Waals surface area (Å²) in [6.07, 6.45) is 0. The Balaban J connectivity index is 2.98. The maximum Gasteiger partial charge on any atom is 0.253 e. The number of thiophene rings is 1. The molecule has 1 heterocycles. The Morgan fingerprint density at radius 1 is 1.44 bits per heavy atom. The van der Waals surface area contributed by atoms with Crippen LogP contribution in [-0.2, 0) is 14.8 Å². The molecule has 1 rings (SSSR count). The molecule has 0 saturated heterocycles. The molecular formula is C10H17N3O3S2. The van der Waals surface area contributed by atoms with Crippen LogP contribution in [0.2, 0.25) is 0 Å². The van der Waals surface area contributed by atoms with Crippen LogP contribution in [0.25, 0.3) is 0 Å². The Labute approximate surface area is 111 Å². The van der Waals surface area contributed by atoms with Crippen molar-refractivity contribution in [2.24, 2.45) is 0 Å². The van der Waals surface area contributed by atoms with E-state index in [1.54, 1.807) is 26.4 Å². The van der Waals surface area contributed by atoms with Gasteiger partial charge in [-0.3, -0.25) is 4.79 Å². The lowest BCUT2D eigenvalue weighted by molar-refractivity contribution is -0.128. The number of anilines is 1. The Morgan fingerprint density at radius 3 is 2.44 bits per heavy atom. The van der Waals surface area contributed by atoms with Crippen molar-refractivity contribution >= 4 is 33.0 Å². The largest absolute Gasteiger partial charge is 0.398 e. The summed E-state index contributed by atoms with van der Waals surface area (Å²) in [5, 5.41) is 1.56. The second-order valence-corrected chi connectivity index (χ2v) is 6.99. The van der Waals surface area contributed by atoms with Crippen LogP contribution in [0.4, 0.5) is 5.69 Å². The first-order chi connectivity index (χ1) is 8.28. The molecule has 0 aliphatic rings. The number of nitrogens with two attached hydrogens (primary N) is 1. The van der Waals surface area contributed by atoms with Crippen LogP contribution >= 0.6 is 11.3 Å². The molecule has 18 heavy (non-hydrogen) atoms. The lowest BCUT2D eigenvalue weighted by atomic mass is 10.5. The van der Waals surface area contributed by atoms with Gasteiger partial charge in [-0.05, 0) is 6.07 Å². The van der Waals surface area contributed by atoms with Gasteiger partial charge in [0, 0.05) is 31.7 Å². The van der Waals surface area contributed by atoms with Crippen molar-refractivity contribution in [2.75, 3.05) is 32.9 Å². The standard InChI is InChI=1S/C10H17N3O3S2/c1-4-13(6-9(14)12(2)3)18(15,16)10-5-8(11)7-17-10/h5,7H,4,6,11H2,1-3H3. The number of hydrogen-bond acceptors (Lipinski definition) is 5. The first-order valence-corrected chi connectivity index (χ1v) is 7.65. The number of likely N-dealkylation sites (N-methyl/N-ethyl adjacent to an activating group) is 2. The van der Waals surface area contributed by atoms with Crippen molar-refractivity contribution in [1.82, 2.24) is 9.21 Å². The molecule has 6 nitrogen and oxygen atoms in total. The molecular weight excluding hydrogens is 274 g/mol. The molecule has 0 unspecified atom stereocenters. The fourth-order valence-corrected chi connectivity index (χ4v) is 3.88. The van der Waals surface area contributed by atoms with Crippen molar-refractivity contribution in [3.05, 3.63) is 11.4 Å². The number of nitrogens with zero attached hydrogens (tertiary/aromatic N) is 2. The number of carbonyl (C=O) groups excluding carboxylic acids is 1. The van der Waals surface area contributed by atoms with Crippen LogP contribution in [0.1, 0.15) is 6.92 Å². The van der Waals surface area contributed by atoms with Crippen LogP contribution in [0.5, 0.6) is 0 Å². The molecule has 1 aromatic heterocycles. The van der Waals surface area contributed by atoms with E-state index in [0.717, 1.165) is 15.6 Å². The molecule has 0 fully saturated rings. The third-order valence-corrected chi connectivity index (χ3v) is 5.71. The zero-order valence-electron chi connectivity index (χ0n) is 10.6. The minimum absolute atomic E-state index is 0.161. The van der Waals surface area contributed by atoms with Crippen LogP contribution < -0.4 is 5.73 Å². The monoisotopic (exact) mass is 291 g/mol. The SMILES string of the molecule is CCN(CC(=O)N(C)C)S(=O)(=O)c1cc(N)cs1. The molecule has 0 bridgehead atoms. The zero-order valence-corrected chi connectivity index (χ0v) is 12.2. The highest BCUT2D eigenvalue weighted by Gasteiger charge is 2.27. The molecule has 1 aromatic rings. The number of rotatable bonds is 5. The van der Waals surface area contributed by atoms with Gasteiger partial charge in [-0.25, -0.2) is 8.42 Å². The molecule has 0 saturated carbocycles. The average Bonchev–Trinajstić information content (AvgIpc) is 2.72. The van der Waals surface area contributed by atoms with E-state index in [0.29, 0.717) is 5.69 Å². The Hall–Kier alpha value is -1.12. The van der Waals surface area contributed by atoms with Gasteiger partial charge in [-0.15, -0.1) is 11.3 Å². The average molecular weight is 291 g/mol. The summed E-state index contributed by atoms with van der Waals surface area (Å²) in [5.41, 5.74) is 5.93. The van der Waals surface area contributed by atoms with E-state index in [4.69, 9.17) is 5.73 Å². The molecule has 0 aliphatic carbocycles. The molecule has 8 heteroatoms. The topological polar surface area (TPSA) is 83.7 Å². The normalized spacial score (nSPS) is 11.8. The molecule has 102 valence electrons. The van der Waals surface area contributed by atoms with Gasteiger partial charge < -0.3 is 10.6 Å². The van der Waals surface area contributed by atoms with Gasteiger partial charge in [0.1, 0.15) is 4.21 Å². The third kappa shape index (κ3) is 3.21. The summed E-state index contributed by atoms with van der Waals surface area (Å²) in [4.78, 5) is 13.0. The quantitative estimate of drug-likeness (QED) is 0.852.